The first kappa shape index (κ1) is 23.2. The minimum Gasteiger partial charge on any atom is -0.465 e. The molecule has 1 saturated heterocycles. The van der Waals surface area contributed by atoms with Gasteiger partial charge in [0, 0.05) is 5.69 Å². The number of ether oxygens (including phenoxy) is 2. The molecule has 0 aliphatic carbocycles. The minimum absolute atomic E-state index is 0.238. The molecule has 1 aliphatic heterocycles. The van der Waals surface area contributed by atoms with Gasteiger partial charge >= 0.3 is 19.2 Å². The van der Waals surface area contributed by atoms with Crippen LogP contribution in [0.1, 0.15) is 55.4 Å². The van der Waals surface area contributed by atoms with Crippen LogP contribution in [0.5, 0.6) is 0 Å². The molecule has 1 aromatic rings. The summed E-state index contributed by atoms with van der Waals surface area (Å²) in [4.78, 5) is 25.9. The highest BCUT2D eigenvalue weighted by Gasteiger charge is 2.51. The topological polar surface area (TPSA) is 74.3 Å². The number of carbonyl (C=O) groups is 2. The van der Waals surface area contributed by atoms with Crippen LogP contribution < -0.4 is 10.4 Å². The molecule has 0 spiro atoms. The molecule has 29 heavy (non-hydrogen) atoms. The SMILES string of the molecule is CCOC(=O)CN(C(=O)OC(C)(C)C)c1ccc(B2OC(C)(C)C(C)(C)O2)cc1. The number of nitrogens with zero attached hydrogens (tertiary/aromatic N) is 1. The highest BCUT2D eigenvalue weighted by atomic mass is 16.7. The Bertz CT molecular complexity index is 723. The third-order valence-electron chi connectivity index (χ3n) is 4.94. The van der Waals surface area contributed by atoms with Crippen molar-refractivity contribution in [1.82, 2.24) is 0 Å². The lowest BCUT2D eigenvalue weighted by molar-refractivity contribution is -0.141. The molecule has 0 radical (unpaired) electrons. The Hall–Kier alpha value is -2.06. The Kier molecular flexibility index (Phi) is 6.70. The van der Waals surface area contributed by atoms with Crippen LogP contribution in [-0.2, 0) is 23.6 Å². The quantitative estimate of drug-likeness (QED) is 0.553. The number of rotatable bonds is 5. The molecule has 0 aromatic heterocycles. The molecule has 8 heteroatoms. The smallest absolute Gasteiger partial charge is 0.465 e. The fourth-order valence-corrected chi connectivity index (χ4v) is 2.70. The second-order valence-corrected chi connectivity index (χ2v) is 9.05. The van der Waals surface area contributed by atoms with Gasteiger partial charge in [-0.05, 0) is 73.0 Å². The second-order valence-electron chi connectivity index (χ2n) is 9.05. The van der Waals surface area contributed by atoms with Gasteiger partial charge in [-0.25, -0.2) is 4.79 Å². The second kappa shape index (κ2) is 8.36. The number of hydrogen-bond donors (Lipinski definition) is 0. The highest BCUT2D eigenvalue weighted by Crippen LogP contribution is 2.36. The third-order valence-corrected chi connectivity index (χ3v) is 4.94. The van der Waals surface area contributed by atoms with E-state index in [0.717, 1.165) is 5.46 Å². The summed E-state index contributed by atoms with van der Waals surface area (Å²) in [6.45, 7) is 15.0. The Morgan fingerprint density at radius 2 is 1.55 bits per heavy atom. The first-order valence-corrected chi connectivity index (χ1v) is 9.87. The van der Waals surface area contributed by atoms with Gasteiger partial charge in [0.15, 0.2) is 0 Å². The molecule has 1 amide bonds. The number of carbonyl (C=O) groups excluding carboxylic acids is 2. The Morgan fingerprint density at radius 1 is 1.03 bits per heavy atom. The summed E-state index contributed by atoms with van der Waals surface area (Å²) in [6, 6.07) is 7.12. The van der Waals surface area contributed by atoms with Crippen LogP contribution in [-0.4, -0.2) is 49.1 Å². The van der Waals surface area contributed by atoms with E-state index in [-0.39, 0.29) is 13.2 Å². The van der Waals surface area contributed by atoms with Crippen molar-refractivity contribution < 1.29 is 28.4 Å². The summed E-state index contributed by atoms with van der Waals surface area (Å²) in [5.41, 5.74) is -0.224. The zero-order chi connectivity index (χ0) is 22.0. The van der Waals surface area contributed by atoms with Gasteiger partial charge in [-0.15, -0.1) is 0 Å². The molecular weight excluding hydrogens is 373 g/mol. The van der Waals surface area contributed by atoms with Crippen molar-refractivity contribution in [2.24, 2.45) is 0 Å². The van der Waals surface area contributed by atoms with Crippen molar-refractivity contribution in [3.05, 3.63) is 24.3 Å². The fourth-order valence-electron chi connectivity index (χ4n) is 2.70. The summed E-state index contributed by atoms with van der Waals surface area (Å²) in [7, 11) is -0.505. The van der Waals surface area contributed by atoms with Gasteiger partial charge in [-0.1, -0.05) is 12.1 Å². The van der Waals surface area contributed by atoms with E-state index in [0.29, 0.717) is 5.69 Å². The molecule has 1 aliphatic rings. The fraction of sp³-hybridized carbons (Fsp3) is 0.619. The lowest BCUT2D eigenvalue weighted by Gasteiger charge is -2.32. The molecule has 1 aromatic carbocycles. The number of benzene rings is 1. The third kappa shape index (κ3) is 5.73. The highest BCUT2D eigenvalue weighted by molar-refractivity contribution is 6.62. The molecule has 0 bridgehead atoms. The van der Waals surface area contributed by atoms with Gasteiger partial charge in [-0.2, -0.15) is 0 Å². The lowest BCUT2D eigenvalue weighted by Crippen LogP contribution is -2.41. The van der Waals surface area contributed by atoms with Crippen LogP contribution in [0.4, 0.5) is 10.5 Å². The van der Waals surface area contributed by atoms with Crippen molar-refractivity contribution in [3.8, 4) is 0 Å². The van der Waals surface area contributed by atoms with E-state index in [2.05, 4.69) is 0 Å². The molecule has 0 saturated carbocycles. The van der Waals surface area contributed by atoms with Crippen LogP contribution in [0, 0.1) is 0 Å². The van der Waals surface area contributed by atoms with E-state index in [1.165, 1.54) is 4.90 Å². The maximum atomic E-state index is 12.7. The molecule has 1 fully saturated rings. The predicted octanol–water partition coefficient (Wildman–Crippen LogP) is 3.29. The van der Waals surface area contributed by atoms with Gasteiger partial charge in [0.2, 0.25) is 0 Å². The molecule has 0 N–H and O–H groups in total. The largest absolute Gasteiger partial charge is 0.494 e. The van der Waals surface area contributed by atoms with Crippen molar-refractivity contribution >= 4 is 30.3 Å². The predicted molar refractivity (Wildman–Crippen MR) is 112 cm³/mol. The summed E-state index contributed by atoms with van der Waals surface area (Å²) < 4.78 is 22.6. The van der Waals surface area contributed by atoms with Crippen LogP contribution >= 0.6 is 0 Å². The number of hydrogen-bond acceptors (Lipinski definition) is 6. The van der Waals surface area contributed by atoms with E-state index < -0.39 is 36.0 Å². The van der Waals surface area contributed by atoms with E-state index in [1.807, 2.05) is 39.8 Å². The molecular formula is C21H32BNO6. The molecule has 1 heterocycles. The first-order chi connectivity index (χ1) is 13.3. The molecule has 7 nitrogen and oxygen atoms in total. The van der Waals surface area contributed by atoms with E-state index >= 15 is 0 Å². The molecule has 160 valence electrons. The van der Waals surface area contributed by atoms with Gasteiger partial charge in [0.25, 0.3) is 0 Å². The summed E-state index contributed by atoms with van der Waals surface area (Å²) in [6.07, 6.45) is -0.617. The van der Waals surface area contributed by atoms with Crippen LogP contribution in [0.25, 0.3) is 0 Å². The van der Waals surface area contributed by atoms with Crippen molar-refractivity contribution in [1.29, 1.82) is 0 Å². The zero-order valence-electron chi connectivity index (χ0n) is 18.7. The lowest BCUT2D eigenvalue weighted by atomic mass is 9.79. The monoisotopic (exact) mass is 405 g/mol. The summed E-state index contributed by atoms with van der Waals surface area (Å²) >= 11 is 0. The average Bonchev–Trinajstić information content (AvgIpc) is 2.79. The van der Waals surface area contributed by atoms with Gasteiger partial charge < -0.3 is 18.8 Å². The van der Waals surface area contributed by atoms with E-state index in [4.69, 9.17) is 18.8 Å². The van der Waals surface area contributed by atoms with Gasteiger partial charge in [0.05, 0.1) is 17.8 Å². The maximum absolute atomic E-state index is 12.7. The summed E-state index contributed by atoms with van der Waals surface area (Å²) in [5, 5.41) is 0. The molecule has 0 atom stereocenters. The standard InChI is InChI=1S/C21H32BNO6/c1-9-26-17(24)14-23(18(25)27-19(2,3)4)16-12-10-15(11-13-16)22-28-20(5,6)21(7,8)29-22/h10-13H,9,14H2,1-8H3. The zero-order valence-corrected chi connectivity index (χ0v) is 18.7. The average molecular weight is 405 g/mol. The number of amides is 1. The Balaban J connectivity index is 2.23. The van der Waals surface area contributed by atoms with Crippen molar-refractivity contribution in [2.45, 2.75) is 72.2 Å². The van der Waals surface area contributed by atoms with Gasteiger partial charge in [0.1, 0.15) is 12.1 Å². The molecule has 2 rings (SSSR count). The Morgan fingerprint density at radius 3 is 2.00 bits per heavy atom. The Labute approximate surface area is 173 Å². The van der Waals surface area contributed by atoms with Gasteiger partial charge in [-0.3, -0.25) is 9.69 Å². The van der Waals surface area contributed by atoms with Crippen LogP contribution in [0.3, 0.4) is 0 Å². The van der Waals surface area contributed by atoms with Crippen molar-refractivity contribution in [3.63, 3.8) is 0 Å². The first-order valence-electron chi connectivity index (χ1n) is 9.87. The van der Waals surface area contributed by atoms with Crippen LogP contribution in [0.15, 0.2) is 24.3 Å². The number of anilines is 1. The normalized spacial score (nSPS) is 17.7. The van der Waals surface area contributed by atoms with Crippen LogP contribution in [0.2, 0.25) is 0 Å². The molecule has 0 unspecified atom stereocenters. The minimum atomic E-state index is -0.688. The number of esters is 1. The van der Waals surface area contributed by atoms with Crippen molar-refractivity contribution in [2.75, 3.05) is 18.1 Å². The maximum Gasteiger partial charge on any atom is 0.494 e. The van der Waals surface area contributed by atoms with E-state index in [9.17, 15) is 9.59 Å². The summed E-state index contributed by atoms with van der Waals surface area (Å²) in [5.74, 6) is -0.506. The van der Waals surface area contributed by atoms with E-state index in [1.54, 1.807) is 39.8 Å².